The van der Waals surface area contributed by atoms with Crippen LogP contribution in [-0.2, 0) is 0 Å². The Bertz CT molecular complexity index is 387. The number of aromatic nitrogens is 1. The Morgan fingerprint density at radius 1 is 1.50 bits per heavy atom. The maximum Gasteiger partial charge on any atom is 0.254 e. The lowest BCUT2D eigenvalue weighted by molar-refractivity contribution is 0.0782. The number of halogens is 2. The summed E-state index contributed by atoms with van der Waals surface area (Å²) in [5.41, 5.74) is 0.439. The number of hydrogen-bond acceptors (Lipinski definition) is 2. The van der Waals surface area contributed by atoms with Crippen LogP contribution in [0.5, 0.6) is 0 Å². The van der Waals surface area contributed by atoms with Gasteiger partial charge >= 0.3 is 0 Å². The monoisotopic (exact) mass is 258 g/mol. The molecule has 16 heavy (non-hydrogen) atoms. The van der Waals surface area contributed by atoms with Gasteiger partial charge in [-0.2, -0.15) is 0 Å². The average molecular weight is 259 g/mol. The molecular formula is C11H12Cl2N2O. The van der Waals surface area contributed by atoms with E-state index in [9.17, 15) is 4.79 Å². The standard InChI is InChI=1S/C11H12Cl2N2O/c1-3-5-15(4-2)11(16)8-6-9(12)14-10(13)7-8/h3,6-7H,1,4-5H2,2H3. The summed E-state index contributed by atoms with van der Waals surface area (Å²) < 4.78 is 0. The first-order chi connectivity index (χ1) is 7.58. The van der Waals surface area contributed by atoms with Crippen LogP contribution < -0.4 is 0 Å². The minimum atomic E-state index is -0.131. The molecule has 0 spiro atoms. The van der Waals surface area contributed by atoms with E-state index in [0.29, 0.717) is 18.7 Å². The van der Waals surface area contributed by atoms with Gasteiger partial charge in [0, 0.05) is 18.7 Å². The highest BCUT2D eigenvalue weighted by Gasteiger charge is 2.14. The van der Waals surface area contributed by atoms with Crippen molar-refractivity contribution in [2.24, 2.45) is 0 Å². The maximum absolute atomic E-state index is 12.0. The summed E-state index contributed by atoms with van der Waals surface area (Å²) in [7, 11) is 0. The average Bonchev–Trinajstić information content (AvgIpc) is 2.23. The second-order valence-corrected chi connectivity index (χ2v) is 3.91. The van der Waals surface area contributed by atoms with Crippen LogP contribution in [0, 0.1) is 0 Å². The van der Waals surface area contributed by atoms with Crippen molar-refractivity contribution in [2.75, 3.05) is 13.1 Å². The van der Waals surface area contributed by atoms with E-state index in [0.717, 1.165) is 0 Å². The fourth-order valence-electron chi connectivity index (χ4n) is 1.28. The smallest absolute Gasteiger partial charge is 0.254 e. The Hall–Kier alpha value is -1.06. The van der Waals surface area contributed by atoms with Crippen LogP contribution in [0.15, 0.2) is 24.8 Å². The molecule has 0 aliphatic heterocycles. The topological polar surface area (TPSA) is 33.2 Å². The number of pyridine rings is 1. The third-order valence-corrected chi connectivity index (χ3v) is 2.42. The summed E-state index contributed by atoms with van der Waals surface area (Å²) >= 11 is 11.5. The minimum absolute atomic E-state index is 0.131. The first kappa shape index (κ1) is 13.0. The van der Waals surface area contributed by atoms with Crippen molar-refractivity contribution in [1.82, 2.24) is 9.88 Å². The quantitative estimate of drug-likeness (QED) is 0.615. The van der Waals surface area contributed by atoms with Crippen molar-refractivity contribution in [3.05, 3.63) is 40.7 Å². The Morgan fingerprint density at radius 2 is 2.06 bits per heavy atom. The Labute approximate surface area is 105 Å². The van der Waals surface area contributed by atoms with Gasteiger partial charge in [0.05, 0.1) is 0 Å². The number of amides is 1. The largest absolute Gasteiger partial charge is 0.335 e. The molecule has 1 aromatic heterocycles. The lowest BCUT2D eigenvalue weighted by Gasteiger charge is -2.18. The molecular weight excluding hydrogens is 247 g/mol. The molecule has 3 nitrogen and oxygen atoms in total. The van der Waals surface area contributed by atoms with Crippen LogP contribution in [0.2, 0.25) is 10.3 Å². The van der Waals surface area contributed by atoms with Gasteiger partial charge in [-0.05, 0) is 19.1 Å². The molecule has 0 N–H and O–H groups in total. The SMILES string of the molecule is C=CCN(CC)C(=O)c1cc(Cl)nc(Cl)c1. The van der Waals surface area contributed by atoms with Crippen LogP contribution in [0.1, 0.15) is 17.3 Å². The molecule has 0 atom stereocenters. The third kappa shape index (κ3) is 3.22. The molecule has 0 fully saturated rings. The molecule has 0 saturated heterocycles. The summed E-state index contributed by atoms with van der Waals surface area (Å²) in [4.78, 5) is 17.4. The van der Waals surface area contributed by atoms with E-state index < -0.39 is 0 Å². The summed E-state index contributed by atoms with van der Waals surface area (Å²) in [5, 5.41) is 0.427. The summed E-state index contributed by atoms with van der Waals surface area (Å²) in [6.07, 6.45) is 1.67. The molecule has 1 heterocycles. The normalized spacial score (nSPS) is 9.94. The van der Waals surface area contributed by atoms with Crippen molar-refractivity contribution in [2.45, 2.75) is 6.92 Å². The van der Waals surface area contributed by atoms with Crippen molar-refractivity contribution in [1.29, 1.82) is 0 Å². The zero-order valence-electron chi connectivity index (χ0n) is 8.91. The molecule has 1 aromatic rings. The van der Waals surface area contributed by atoms with Gasteiger partial charge < -0.3 is 4.90 Å². The Balaban J connectivity index is 2.98. The van der Waals surface area contributed by atoms with Crippen molar-refractivity contribution >= 4 is 29.1 Å². The Morgan fingerprint density at radius 3 is 2.50 bits per heavy atom. The number of carbonyl (C=O) groups is 1. The zero-order chi connectivity index (χ0) is 12.1. The minimum Gasteiger partial charge on any atom is -0.335 e. The third-order valence-electron chi connectivity index (χ3n) is 2.03. The predicted molar refractivity (Wildman–Crippen MR) is 66.0 cm³/mol. The second-order valence-electron chi connectivity index (χ2n) is 3.13. The summed E-state index contributed by atoms with van der Waals surface area (Å²) in [6.45, 7) is 6.59. The van der Waals surface area contributed by atoms with E-state index in [-0.39, 0.29) is 16.2 Å². The van der Waals surface area contributed by atoms with E-state index in [2.05, 4.69) is 11.6 Å². The summed E-state index contributed by atoms with van der Waals surface area (Å²) in [6, 6.07) is 3.00. The molecule has 0 radical (unpaired) electrons. The molecule has 0 bridgehead atoms. The van der Waals surface area contributed by atoms with Gasteiger partial charge in [0.1, 0.15) is 10.3 Å². The van der Waals surface area contributed by atoms with Crippen LogP contribution in [0.25, 0.3) is 0 Å². The molecule has 86 valence electrons. The van der Waals surface area contributed by atoms with Crippen molar-refractivity contribution in [3.8, 4) is 0 Å². The van der Waals surface area contributed by atoms with Crippen LogP contribution in [0.3, 0.4) is 0 Å². The van der Waals surface area contributed by atoms with Crippen molar-refractivity contribution in [3.63, 3.8) is 0 Å². The van der Waals surface area contributed by atoms with Gasteiger partial charge in [-0.3, -0.25) is 4.79 Å². The lowest BCUT2D eigenvalue weighted by Crippen LogP contribution is -2.30. The van der Waals surface area contributed by atoms with Crippen LogP contribution in [-0.4, -0.2) is 28.9 Å². The highest BCUT2D eigenvalue weighted by Crippen LogP contribution is 2.16. The molecule has 0 unspecified atom stereocenters. The van der Waals surface area contributed by atoms with E-state index in [1.807, 2.05) is 6.92 Å². The maximum atomic E-state index is 12.0. The Kier molecular flexibility index (Phi) is 4.77. The van der Waals surface area contributed by atoms with E-state index in [1.54, 1.807) is 11.0 Å². The van der Waals surface area contributed by atoms with E-state index >= 15 is 0 Å². The first-order valence-electron chi connectivity index (χ1n) is 4.81. The number of carbonyl (C=O) groups excluding carboxylic acids is 1. The van der Waals surface area contributed by atoms with Gasteiger partial charge in [-0.15, -0.1) is 6.58 Å². The molecule has 0 saturated carbocycles. The second kappa shape index (κ2) is 5.87. The van der Waals surface area contributed by atoms with Crippen LogP contribution >= 0.6 is 23.2 Å². The van der Waals surface area contributed by atoms with Gasteiger partial charge in [0.2, 0.25) is 0 Å². The molecule has 0 aliphatic rings. The number of rotatable bonds is 4. The number of hydrogen-bond donors (Lipinski definition) is 0. The van der Waals surface area contributed by atoms with Crippen LogP contribution in [0.4, 0.5) is 0 Å². The van der Waals surface area contributed by atoms with Gasteiger partial charge in [0.15, 0.2) is 0 Å². The highest BCUT2D eigenvalue weighted by molar-refractivity contribution is 6.33. The number of nitrogens with zero attached hydrogens (tertiary/aromatic N) is 2. The van der Waals surface area contributed by atoms with Gasteiger partial charge in [-0.1, -0.05) is 29.3 Å². The van der Waals surface area contributed by atoms with Gasteiger partial charge in [0.25, 0.3) is 5.91 Å². The summed E-state index contributed by atoms with van der Waals surface area (Å²) in [5.74, 6) is -0.131. The molecule has 0 aliphatic carbocycles. The molecule has 1 amide bonds. The zero-order valence-corrected chi connectivity index (χ0v) is 10.4. The highest BCUT2D eigenvalue weighted by atomic mass is 35.5. The molecule has 1 rings (SSSR count). The van der Waals surface area contributed by atoms with Gasteiger partial charge in [-0.25, -0.2) is 4.98 Å². The van der Waals surface area contributed by atoms with Crippen molar-refractivity contribution < 1.29 is 4.79 Å². The van der Waals surface area contributed by atoms with E-state index in [1.165, 1.54) is 12.1 Å². The molecule has 0 aromatic carbocycles. The predicted octanol–water partition coefficient (Wildman–Crippen LogP) is 3.04. The number of likely N-dealkylation sites (N-methyl/N-ethyl adjacent to an activating group) is 1. The first-order valence-corrected chi connectivity index (χ1v) is 5.57. The fraction of sp³-hybridized carbons (Fsp3) is 0.273. The van der Waals surface area contributed by atoms with E-state index in [4.69, 9.17) is 23.2 Å². The fourth-order valence-corrected chi connectivity index (χ4v) is 1.74. The lowest BCUT2D eigenvalue weighted by atomic mass is 10.2. The molecule has 5 heteroatoms.